The fourth-order valence-corrected chi connectivity index (χ4v) is 2.68. The van der Waals surface area contributed by atoms with Gasteiger partial charge in [-0.15, -0.1) is 0 Å². The summed E-state index contributed by atoms with van der Waals surface area (Å²) < 4.78 is 2.16. The van der Waals surface area contributed by atoms with E-state index < -0.39 is 5.91 Å². The van der Waals surface area contributed by atoms with E-state index in [1.807, 2.05) is 31.2 Å². The Kier molecular flexibility index (Phi) is 3.26. The number of rotatable bonds is 4. The van der Waals surface area contributed by atoms with Crippen molar-refractivity contribution in [3.05, 3.63) is 47.2 Å². The summed E-state index contributed by atoms with van der Waals surface area (Å²) in [5, 5.41) is 9.05. The molecule has 4 heteroatoms. The molecule has 0 aliphatic heterocycles. The fourth-order valence-electron chi connectivity index (χ4n) is 2.68. The third-order valence-corrected chi connectivity index (χ3v) is 4.06. The molecule has 21 heavy (non-hydrogen) atoms. The van der Waals surface area contributed by atoms with Crippen LogP contribution in [0.2, 0.25) is 0 Å². The number of hydrogen-bond donors (Lipinski definition) is 1. The Morgan fingerprint density at radius 3 is 2.81 bits per heavy atom. The maximum Gasteiger partial charge on any atom is 0.250 e. The van der Waals surface area contributed by atoms with E-state index >= 15 is 0 Å². The molecule has 1 amide bonds. The van der Waals surface area contributed by atoms with E-state index in [-0.39, 0.29) is 0 Å². The summed E-state index contributed by atoms with van der Waals surface area (Å²) in [4.78, 5) is 11.6. The van der Waals surface area contributed by atoms with Crippen LogP contribution in [0.15, 0.2) is 30.3 Å². The number of carbonyl (C=O) groups is 1. The van der Waals surface area contributed by atoms with Crippen LogP contribution >= 0.6 is 0 Å². The second-order valence-corrected chi connectivity index (χ2v) is 5.64. The second kappa shape index (κ2) is 5.10. The van der Waals surface area contributed by atoms with Gasteiger partial charge < -0.3 is 10.3 Å². The van der Waals surface area contributed by atoms with Crippen LogP contribution in [0.4, 0.5) is 0 Å². The number of nitriles is 1. The first kappa shape index (κ1) is 13.4. The molecule has 0 spiro atoms. The molecule has 1 fully saturated rings. The highest BCUT2D eigenvalue weighted by molar-refractivity contribution is 5.95. The highest BCUT2D eigenvalue weighted by atomic mass is 16.1. The molecule has 2 aromatic rings. The first-order valence-corrected chi connectivity index (χ1v) is 7.10. The summed E-state index contributed by atoms with van der Waals surface area (Å²) in [7, 11) is 0. The van der Waals surface area contributed by atoms with Crippen molar-refractivity contribution in [2.75, 3.05) is 0 Å². The molecule has 1 aliphatic carbocycles. The van der Waals surface area contributed by atoms with Crippen molar-refractivity contribution in [2.24, 2.45) is 11.7 Å². The number of nitrogens with two attached hydrogens (primary N) is 1. The molecular formula is C17H17N3O. The fraction of sp³-hybridized carbons (Fsp3) is 0.294. The summed E-state index contributed by atoms with van der Waals surface area (Å²) in [6.45, 7) is 2.84. The smallest absolute Gasteiger partial charge is 0.250 e. The predicted molar refractivity (Wildman–Crippen MR) is 80.6 cm³/mol. The van der Waals surface area contributed by atoms with Gasteiger partial charge in [-0.3, -0.25) is 4.79 Å². The normalized spacial score (nSPS) is 13.9. The maximum atomic E-state index is 11.6. The third kappa shape index (κ3) is 2.55. The van der Waals surface area contributed by atoms with Crippen molar-refractivity contribution in [3.8, 4) is 17.3 Å². The van der Waals surface area contributed by atoms with Crippen molar-refractivity contribution in [1.82, 2.24) is 4.57 Å². The molecule has 0 saturated heterocycles. The zero-order valence-corrected chi connectivity index (χ0v) is 12.0. The van der Waals surface area contributed by atoms with Crippen LogP contribution in [0.3, 0.4) is 0 Å². The summed E-state index contributed by atoms with van der Waals surface area (Å²) in [6.07, 6.45) is 2.47. The molecule has 106 valence electrons. The van der Waals surface area contributed by atoms with Gasteiger partial charge in [-0.05, 0) is 49.4 Å². The molecule has 1 aromatic carbocycles. The third-order valence-electron chi connectivity index (χ3n) is 4.06. The Morgan fingerprint density at radius 1 is 1.43 bits per heavy atom. The standard InChI is InChI=1S/C17H17N3O/c1-11-15(17(19)21)8-16(20(11)10-12-5-6-12)14-4-2-3-13(7-14)9-18/h2-4,7-8,12H,5-6,10H2,1H3,(H2,19,21). The molecule has 0 bridgehead atoms. The number of nitrogens with zero attached hydrogens (tertiary/aromatic N) is 2. The van der Waals surface area contributed by atoms with Gasteiger partial charge in [0.05, 0.1) is 17.2 Å². The van der Waals surface area contributed by atoms with Gasteiger partial charge in [0.1, 0.15) is 0 Å². The summed E-state index contributed by atoms with van der Waals surface area (Å²) in [5.74, 6) is 0.287. The number of aromatic nitrogens is 1. The van der Waals surface area contributed by atoms with Crippen LogP contribution in [-0.2, 0) is 6.54 Å². The van der Waals surface area contributed by atoms with E-state index in [2.05, 4.69) is 10.6 Å². The molecule has 0 radical (unpaired) electrons. The number of benzene rings is 1. The van der Waals surface area contributed by atoms with Gasteiger partial charge in [-0.2, -0.15) is 5.26 Å². The number of primary amides is 1. The molecule has 1 aromatic heterocycles. The molecule has 2 N–H and O–H groups in total. The van der Waals surface area contributed by atoms with Gasteiger partial charge in [0.25, 0.3) is 5.91 Å². The molecule has 1 saturated carbocycles. The minimum Gasteiger partial charge on any atom is -0.366 e. The maximum absolute atomic E-state index is 11.6. The van der Waals surface area contributed by atoms with Crippen molar-refractivity contribution in [2.45, 2.75) is 26.3 Å². The first-order valence-electron chi connectivity index (χ1n) is 7.10. The van der Waals surface area contributed by atoms with Crippen molar-refractivity contribution >= 4 is 5.91 Å². The molecule has 3 rings (SSSR count). The van der Waals surface area contributed by atoms with Gasteiger partial charge in [0.2, 0.25) is 0 Å². The largest absolute Gasteiger partial charge is 0.366 e. The summed E-state index contributed by atoms with van der Waals surface area (Å²) in [5.41, 5.74) is 9.47. The van der Waals surface area contributed by atoms with Crippen LogP contribution < -0.4 is 5.73 Å². The van der Waals surface area contributed by atoms with Crippen molar-refractivity contribution in [1.29, 1.82) is 5.26 Å². The molecule has 1 heterocycles. The monoisotopic (exact) mass is 279 g/mol. The van der Waals surface area contributed by atoms with Gasteiger partial charge in [-0.25, -0.2) is 0 Å². The van der Waals surface area contributed by atoms with E-state index in [0.29, 0.717) is 17.0 Å². The quantitative estimate of drug-likeness (QED) is 0.934. The zero-order valence-electron chi connectivity index (χ0n) is 12.0. The van der Waals surface area contributed by atoms with E-state index in [1.54, 1.807) is 6.07 Å². The van der Waals surface area contributed by atoms with Crippen LogP contribution in [0.5, 0.6) is 0 Å². The molecular weight excluding hydrogens is 262 g/mol. The van der Waals surface area contributed by atoms with Gasteiger partial charge in [0.15, 0.2) is 0 Å². The molecule has 0 unspecified atom stereocenters. The highest BCUT2D eigenvalue weighted by Gasteiger charge is 2.25. The Labute approximate surface area is 123 Å². The summed E-state index contributed by atoms with van der Waals surface area (Å²) in [6, 6.07) is 11.4. The minimum absolute atomic E-state index is 0.403. The van der Waals surface area contributed by atoms with Crippen molar-refractivity contribution < 1.29 is 4.79 Å². The lowest BCUT2D eigenvalue weighted by Gasteiger charge is -2.11. The Bertz CT molecular complexity index is 748. The van der Waals surface area contributed by atoms with E-state index in [4.69, 9.17) is 11.0 Å². The first-order chi connectivity index (χ1) is 10.1. The van der Waals surface area contributed by atoms with Gasteiger partial charge >= 0.3 is 0 Å². The number of amides is 1. The number of carbonyl (C=O) groups excluding carboxylic acids is 1. The van der Waals surface area contributed by atoms with E-state index in [1.165, 1.54) is 12.8 Å². The Balaban J connectivity index is 2.13. The molecule has 1 aliphatic rings. The van der Waals surface area contributed by atoms with E-state index in [9.17, 15) is 4.79 Å². The zero-order chi connectivity index (χ0) is 15.0. The average molecular weight is 279 g/mol. The van der Waals surface area contributed by atoms with Gasteiger partial charge in [-0.1, -0.05) is 12.1 Å². The lowest BCUT2D eigenvalue weighted by molar-refractivity contribution is 0.0999. The SMILES string of the molecule is Cc1c(C(N)=O)cc(-c2cccc(C#N)c2)n1CC1CC1. The lowest BCUT2D eigenvalue weighted by Crippen LogP contribution is -2.12. The lowest BCUT2D eigenvalue weighted by atomic mass is 10.1. The van der Waals surface area contributed by atoms with Gasteiger partial charge in [0, 0.05) is 17.9 Å². The predicted octanol–water partition coefficient (Wildman–Crippen LogP) is 2.84. The minimum atomic E-state index is -0.403. The van der Waals surface area contributed by atoms with Crippen LogP contribution in [0.25, 0.3) is 11.3 Å². The van der Waals surface area contributed by atoms with Crippen LogP contribution in [0.1, 0.15) is 34.5 Å². The Morgan fingerprint density at radius 2 is 2.19 bits per heavy atom. The average Bonchev–Trinajstić information content (AvgIpc) is 3.23. The Hall–Kier alpha value is -2.54. The van der Waals surface area contributed by atoms with Crippen LogP contribution in [0, 0.1) is 24.2 Å². The molecule has 4 nitrogen and oxygen atoms in total. The number of hydrogen-bond acceptors (Lipinski definition) is 2. The highest BCUT2D eigenvalue weighted by Crippen LogP contribution is 2.35. The topological polar surface area (TPSA) is 71.8 Å². The van der Waals surface area contributed by atoms with E-state index in [0.717, 1.165) is 23.5 Å². The van der Waals surface area contributed by atoms with Crippen molar-refractivity contribution in [3.63, 3.8) is 0 Å². The molecule has 0 atom stereocenters. The second-order valence-electron chi connectivity index (χ2n) is 5.64. The summed E-state index contributed by atoms with van der Waals surface area (Å²) >= 11 is 0. The van der Waals surface area contributed by atoms with Crippen LogP contribution in [-0.4, -0.2) is 10.5 Å².